The summed E-state index contributed by atoms with van der Waals surface area (Å²) in [5, 5.41) is 9.43. The fraction of sp³-hybridized carbons (Fsp3) is 0.462. The van der Waals surface area contributed by atoms with E-state index >= 15 is 0 Å². The van der Waals surface area contributed by atoms with Crippen LogP contribution in [-0.2, 0) is 9.53 Å². The van der Waals surface area contributed by atoms with E-state index in [0.29, 0.717) is 25.3 Å². The maximum absolute atomic E-state index is 12.2. The molecule has 0 bridgehead atoms. The fourth-order valence-corrected chi connectivity index (χ4v) is 1.70. The van der Waals surface area contributed by atoms with Gasteiger partial charge in [-0.2, -0.15) is 0 Å². The van der Waals surface area contributed by atoms with Crippen LogP contribution in [0.1, 0.15) is 13.3 Å². The van der Waals surface area contributed by atoms with Gasteiger partial charge in [0.25, 0.3) is 0 Å². The van der Waals surface area contributed by atoms with Crippen LogP contribution in [0.4, 0.5) is 5.69 Å². The molecule has 3 N–H and O–H groups in total. The van der Waals surface area contributed by atoms with Crippen LogP contribution in [-0.4, -0.2) is 37.3 Å². The highest BCUT2D eigenvalue weighted by atomic mass is 16.5. The van der Waals surface area contributed by atoms with Gasteiger partial charge < -0.3 is 20.5 Å². The highest BCUT2D eigenvalue weighted by Crippen LogP contribution is 2.20. The summed E-state index contributed by atoms with van der Waals surface area (Å²) >= 11 is 0. The van der Waals surface area contributed by atoms with Crippen molar-refractivity contribution in [3.63, 3.8) is 0 Å². The highest BCUT2D eigenvalue weighted by molar-refractivity contribution is 5.97. The van der Waals surface area contributed by atoms with Crippen LogP contribution in [0, 0.1) is 0 Å². The Morgan fingerprint density at radius 3 is 2.83 bits per heavy atom. The lowest BCUT2D eigenvalue weighted by atomic mass is 10.1. The maximum Gasteiger partial charge on any atom is 0.243 e. The lowest BCUT2D eigenvalue weighted by molar-refractivity contribution is -0.120. The molecular weight excluding hydrogens is 232 g/mol. The van der Waals surface area contributed by atoms with Crippen molar-refractivity contribution in [2.24, 2.45) is 5.73 Å². The van der Waals surface area contributed by atoms with E-state index in [2.05, 4.69) is 0 Å². The van der Waals surface area contributed by atoms with E-state index in [1.54, 1.807) is 36.3 Å². The summed E-state index contributed by atoms with van der Waals surface area (Å²) in [6, 6.07) is 5.98. The van der Waals surface area contributed by atoms with Crippen LogP contribution in [0.5, 0.6) is 5.75 Å². The van der Waals surface area contributed by atoms with E-state index in [4.69, 9.17) is 10.5 Å². The highest BCUT2D eigenvalue weighted by Gasteiger charge is 2.21. The van der Waals surface area contributed by atoms with Crippen molar-refractivity contribution in [2.75, 3.05) is 25.2 Å². The quantitative estimate of drug-likeness (QED) is 0.795. The monoisotopic (exact) mass is 252 g/mol. The first-order valence-electron chi connectivity index (χ1n) is 5.95. The van der Waals surface area contributed by atoms with Crippen molar-refractivity contribution in [1.29, 1.82) is 0 Å². The van der Waals surface area contributed by atoms with E-state index in [0.717, 1.165) is 0 Å². The van der Waals surface area contributed by atoms with Gasteiger partial charge in [-0.3, -0.25) is 4.79 Å². The van der Waals surface area contributed by atoms with Crippen molar-refractivity contribution in [2.45, 2.75) is 19.4 Å². The second-order valence-electron chi connectivity index (χ2n) is 3.99. The second-order valence-corrected chi connectivity index (χ2v) is 3.99. The lowest BCUT2D eigenvalue weighted by Gasteiger charge is -2.24. The van der Waals surface area contributed by atoms with E-state index in [-0.39, 0.29) is 11.7 Å². The topological polar surface area (TPSA) is 75.8 Å². The molecule has 1 unspecified atom stereocenters. The fourth-order valence-electron chi connectivity index (χ4n) is 1.70. The molecule has 1 aromatic carbocycles. The number of nitrogens with zero attached hydrogens (tertiary/aromatic N) is 1. The van der Waals surface area contributed by atoms with Crippen molar-refractivity contribution in [1.82, 2.24) is 0 Å². The molecule has 1 rings (SSSR count). The van der Waals surface area contributed by atoms with Gasteiger partial charge in [-0.1, -0.05) is 6.07 Å². The zero-order chi connectivity index (χ0) is 13.5. The summed E-state index contributed by atoms with van der Waals surface area (Å²) in [7, 11) is 1.57. The number of amides is 1. The van der Waals surface area contributed by atoms with Gasteiger partial charge in [0.15, 0.2) is 0 Å². The van der Waals surface area contributed by atoms with Gasteiger partial charge in [-0.25, -0.2) is 0 Å². The summed E-state index contributed by atoms with van der Waals surface area (Å²) < 4.78 is 4.91. The molecule has 0 spiro atoms. The molecule has 0 aliphatic heterocycles. The zero-order valence-corrected chi connectivity index (χ0v) is 10.8. The SMILES string of the molecule is CCN(C(=O)C(N)CCOC)c1cccc(O)c1. The third-order valence-electron chi connectivity index (χ3n) is 2.67. The van der Waals surface area contributed by atoms with Gasteiger partial charge in [0, 0.05) is 32.0 Å². The third-order valence-corrected chi connectivity index (χ3v) is 2.67. The van der Waals surface area contributed by atoms with Crippen LogP contribution in [0.15, 0.2) is 24.3 Å². The number of hydrogen-bond acceptors (Lipinski definition) is 4. The Hall–Kier alpha value is -1.59. The average molecular weight is 252 g/mol. The Labute approximate surface area is 107 Å². The Bertz CT molecular complexity index is 396. The van der Waals surface area contributed by atoms with E-state index in [1.807, 2.05) is 6.92 Å². The van der Waals surface area contributed by atoms with Crippen LogP contribution < -0.4 is 10.6 Å². The first-order valence-corrected chi connectivity index (χ1v) is 5.95. The molecule has 0 aliphatic rings. The molecule has 0 saturated carbocycles. The number of nitrogens with two attached hydrogens (primary N) is 1. The molecule has 0 radical (unpaired) electrons. The molecule has 5 nitrogen and oxygen atoms in total. The predicted octanol–water partition coefficient (Wildman–Crippen LogP) is 1.11. The van der Waals surface area contributed by atoms with E-state index in [9.17, 15) is 9.90 Å². The molecule has 0 aliphatic carbocycles. The molecule has 5 heteroatoms. The molecule has 1 aromatic rings. The Balaban J connectivity index is 2.79. The normalized spacial score (nSPS) is 12.2. The number of rotatable bonds is 6. The molecule has 1 atom stereocenters. The number of carbonyl (C=O) groups excluding carboxylic acids is 1. The Morgan fingerprint density at radius 1 is 1.56 bits per heavy atom. The minimum atomic E-state index is -0.591. The molecule has 0 fully saturated rings. The van der Waals surface area contributed by atoms with Gasteiger partial charge in [0.05, 0.1) is 6.04 Å². The molecule has 0 heterocycles. The smallest absolute Gasteiger partial charge is 0.243 e. The average Bonchev–Trinajstić information content (AvgIpc) is 2.36. The van der Waals surface area contributed by atoms with E-state index < -0.39 is 6.04 Å². The van der Waals surface area contributed by atoms with Crippen LogP contribution in [0.25, 0.3) is 0 Å². The summed E-state index contributed by atoms with van der Waals surface area (Å²) in [6.45, 7) is 2.82. The number of phenols is 1. The Morgan fingerprint density at radius 2 is 2.28 bits per heavy atom. The number of ether oxygens (including phenoxy) is 1. The predicted molar refractivity (Wildman–Crippen MR) is 70.6 cm³/mol. The van der Waals surface area contributed by atoms with Crippen LogP contribution >= 0.6 is 0 Å². The summed E-state index contributed by atoms with van der Waals surface area (Å²) in [6.07, 6.45) is 0.477. The van der Waals surface area contributed by atoms with Gasteiger partial charge in [-0.15, -0.1) is 0 Å². The second kappa shape index (κ2) is 6.98. The zero-order valence-electron chi connectivity index (χ0n) is 10.8. The standard InChI is InChI=1S/C13H20N2O3/c1-3-15(10-5-4-6-11(16)9-10)13(17)12(14)7-8-18-2/h4-6,9,12,16H,3,7-8,14H2,1-2H3. The largest absolute Gasteiger partial charge is 0.508 e. The Kier molecular flexibility index (Phi) is 5.61. The third kappa shape index (κ3) is 3.72. The molecule has 1 amide bonds. The lowest BCUT2D eigenvalue weighted by Crippen LogP contribution is -2.44. The summed E-state index contributed by atoms with van der Waals surface area (Å²) in [5.41, 5.74) is 6.47. The minimum absolute atomic E-state index is 0.129. The number of carbonyl (C=O) groups is 1. The van der Waals surface area contributed by atoms with Gasteiger partial charge in [-0.05, 0) is 25.5 Å². The first kappa shape index (κ1) is 14.5. The number of aromatic hydroxyl groups is 1. The number of methoxy groups -OCH3 is 1. The number of hydrogen-bond donors (Lipinski definition) is 2. The van der Waals surface area contributed by atoms with Crippen molar-refractivity contribution in [3.8, 4) is 5.75 Å². The first-order chi connectivity index (χ1) is 8.60. The summed E-state index contributed by atoms with van der Waals surface area (Å²) in [5.74, 6) is -0.0376. The molecule has 0 saturated heterocycles. The van der Waals surface area contributed by atoms with Gasteiger partial charge in [0.2, 0.25) is 5.91 Å². The van der Waals surface area contributed by atoms with Crippen molar-refractivity contribution in [3.05, 3.63) is 24.3 Å². The molecule has 100 valence electrons. The maximum atomic E-state index is 12.2. The van der Waals surface area contributed by atoms with E-state index in [1.165, 1.54) is 0 Å². The van der Waals surface area contributed by atoms with Crippen LogP contribution in [0.3, 0.4) is 0 Å². The number of likely N-dealkylation sites (N-methyl/N-ethyl adjacent to an activating group) is 1. The number of benzene rings is 1. The molecule has 0 aromatic heterocycles. The molecular formula is C13H20N2O3. The minimum Gasteiger partial charge on any atom is -0.508 e. The number of phenolic OH excluding ortho intramolecular Hbond substituents is 1. The van der Waals surface area contributed by atoms with Gasteiger partial charge in [0.1, 0.15) is 5.75 Å². The number of anilines is 1. The molecule has 18 heavy (non-hydrogen) atoms. The van der Waals surface area contributed by atoms with Gasteiger partial charge >= 0.3 is 0 Å². The van der Waals surface area contributed by atoms with Crippen molar-refractivity contribution < 1.29 is 14.6 Å². The van der Waals surface area contributed by atoms with Crippen molar-refractivity contribution >= 4 is 11.6 Å². The summed E-state index contributed by atoms with van der Waals surface area (Å²) in [4.78, 5) is 13.7. The van der Waals surface area contributed by atoms with Crippen LogP contribution in [0.2, 0.25) is 0 Å².